The number of fused-ring (bicyclic) bond motifs is 3. The van der Waals surface area contributed by atoms with E-state index in [2.05, 4.69) is 34.8 Å². The molecule has 228 valence electrons. The monoisotopic (exact) mass is 620 g/mol. The second kappa shape index (κ2) is 10.9. The van der Waals surface area contributed by atoms with Gasteiger partial charge in [0, 0.05) is 28.4 Å². The van der Waals surface area contributed by atoms with Gasteiger partial charge in [0.25, 0.3) is 0 Å². The number of hydrogen-bond acceptors (Lipinski definition) is 7. The summed E-state index contributed by atoms with van der Waals surface area (Å²) in [4.78, 5) is 18.2. The summed E-state index contributed by atoms with van der Waals surface area (Å²) in [7, 11) is 0. The zero-order chi connectivity index (χ0) is 30.0. The van der Waals surface area contributed by atoms with E-state index in [4.69, 9.17) is 27.9 Å². The van der Waals surface area contributed by atoms with Gasteiger partial charge in [0.2, 0.25) is 5.91 Å². The molecule has 1 aliphatic carbocycles. The SMILES string of the molecule is CC(O)[C@@H]1CC[C@@H](NC(=O)[C@@H]2NC3(CCC(C)(C)CC3)[C@]3(c4ccc(Cl)cc4NC3O)[C@H]2c2ccnc(Cl)c2F)CO1. The van der Waals surface area contributed by atoms with Crippen LogP contribution in [0.5, 0.6) is 0 Å². The third kappa shape index (κ3) is 4.72. The topological polar surface area (TPSA) is 116 Å². The Bertz CT molecular complexity index is 1360. The van der Waals surface area contributed by atoms with E-state index in [1.165, 1.54) is 6.20 Å². The molecule has 2 unspecified atom stereocenters. The number of nitrogens with one attached hydrogen (secondary N) is 3. The number of aliphatic hydroxyl groups is 2. The first kappa shape index (κ1) is 30.0. The predicted molar refractivity (Wildman–Crippen MR) is 159 cm³/mol. The molecule has 1 aromatic heterocycles. The minimum Gasteiger partial charge on any atom is -0.391 e. The van der Waals surface area contributed by atoms with Crippen molar-refractivity contribution in [1.29, 1.82) is 0 Å². The fraction of sp³-hybridized carbons (Fsp3) is 0.613. The van der Waals surface area contributed by atoms with Gasteiger partial charge in [0.15, 0.2) is 11.0 Å². The quantitative estimate of drug-likeness (QED) is 0.316. The van der Waals surface area contributed by atoms with E-state index in [0.29, 0.717) is 36.4 Å². The highest BCUT2D eigenvalue weighted by Crippen LogP contribution is 2.65. The molecule has 3 fully saturated rings. The molecular weight excluding hydrogens is 582 g/mol. The third-order valence-electron chi connectivity index (χ3n) is 10.3. The molecule has 6 rings (SSSR count). The summed E-state index contributed by atoms with van der Waals surface area (Å²) < 4.78 is 21.9. The van der Waals surface area contributed by atoms with Gasteiger partial charge < -0.3 is 25.6 Å². The molecular formula is C31H39Cl2FN4O4. The Morgan fingerprint density at radius 3 is 2.60 bits per heavy atom. The number of ether oxygens (including phenoxy) is 1. The van der Waals surface area contributed by atoms with Crippen molar-refractivity contribution in [3.05, 3.63) is 57.6 Å². The van der Waals surface area contributed by atoms with Crippen LogP contribution < -0.4 is 16.0 Å². The van der Waals surface area contributed by atoms with Gasteiger partial charge in [0.1, 0.15) is 6.23 Å². The molecule has 0 radical (unpaired) electrons. The summed E-state index contributed by atoms with van der Waals surface area (Å²) in [5, 5.41) is 32.3. The van der Waals surface area contributed by atoms with Gasteiger partial charge in [0.05, 0.1) is 36.3 Å². The number of anilines is 1. The van der Waals surface area contributed by atoms with Gasteiger partial charge in [-0.3, -0.25) is 10.1 Å². The van der Waals surface area contributed by atoms with Gasteiger partial charge in [-0.1, -0.05) is 43.1 Å². The van der Waals surface area contributed by atoms with Gasteiger partial charge >= 0.3 is 0 Å². The molecule has 1 saturated carbocycles. The van der Waals surface area contributed by atoms with Crippen molar-refractivity contribution in [2.45, 2.75) is 107 Å². The molecule has 42 heavy (non-hydrogen) atoms. The normalized spacial score (nSPS) is 33.8. The van der Waals surface area contributed by atoms with E-state index in [-0.39, 0.29) is 40.8 Å². The first-order chi connectivity index (χ1) is 19.9. The summed E-state index contributed by atoms with van der Waals surface area (Å²) in [6, 6.07) is 5.85. The molecule has 7 atom stereocenters. The molecule has 0 bridgehead atoms. The highest BCUT2D eigenvalue weighted by atomic mass is 35.5. The average molecular weight is 622 g/mol. The van der Waals surface area contributed by atoms with E-state index in [0.717, 1.165) is 18.4 Å². The van der Waals surface area contributed by atoms with Crippen LogP contribution >= 0.6 is 23.2 Å². The smallest absolute Gasteiger partial charge is 0.238 e. The van der Waals surface area contributed by atoms with Crippen LogP contribution in [0.15, 0.2) is 30.5 Å². The predicted octanol–water partition coefficient (Wildman–Crippen LogP) is 4.65. The van der Waals surface area contributed by atoms with Crippen molar-refractivity contribution in [3.8, 4) is 0 Å². The number of halogens is 3. The molecule has 5 N–H and O–H groups in total. The lowest BCUT2D eigenvalue weighted by Crippen LogP contribution is -2.63. The summed E-state index contributed by atoms with van der Waals surface area (Å²) in [6.45, 7) is 6.42. The van der Waals surface area contributed by atoms with Crippen LogP contribution in [0.3, 0.4) is 0 Å². The zero-order valence-corrected chi connectivity index (χ0v) is 25.6. The molecule has 1 aromatic carbocycles. The Kier molecular flexibility index (Phi) is 7.76. The van der Waals surface area contributed by atoms with Gasteiger partial charge in [-0.25, -0.2) is 9.37 Å². The number of nitrogens with zero attached hydrogens (tertiary/aromatic N) is 1. The maximum atomic E-state index is 16.0. The van der Waals surface area contributed by atoms with E-state index in [1.807, 2.05) is 6.07 Å². The Morgan fingerprint density at radius 1 is 1.19 bits per heavy atom. The summed E-state index contributed by atoms with van der Waals surface area (Å²) in [5.74, 6) is -1.84. The van der Waals surface area contributed by atoms with Crippen molar-refractivity contribution in [1.82, 2.24) is 15.6 Å². The second-order valence-corrected chi connectivity index (χ2v) is 14.1. The molecule has 2 spiro atoms. The van der Waals surface area contributed by atoms with Crippen LogP contribution in [0.1, 0.15) is 76.3 Å². The molecule has 3 aliphatic heterocycles. The first-order valence-corrected chi connectivity index (χ1v) is 15.6. The molecule has 4 aliphatic rings. The maximum Gasteiger partial charge on any atom is 0.238 e. The lowest BCUT2D eigenvalue weighted by Gasteiger charge is -2.52. The van der Waals surface area contributed by atoms with Crippen LogP contribution in [0.2, 0.25) is 10.2 Å². The fourth-order valence-electron chi connectivity index (χ4n) is 8.11. The highest BCUT2D eigenvalue weighted by Gasteiger charge is 2.72. The number of pyridine rings is 1. The molecule has 2 saturated heterocycles. The van der Waals surface area contributed by atoms with E-state index >= 15 is 4.39 Å². The summed E-state index contributed by atoms with van der Waals surface area (Å²) in [5.41, 5.74) is -0.116. The number of carbonyl (C=O) groups is 1. The third-order valence-corrected chi connectivity index (χ3v) is 10.8. The van der Waals surface area contributed by atoms with Gasteiger partial charge in [-0.2, -0.15) is 0 Å². The van der Waals surface area contributed by atoms with Crippen molar-refractivity contribution >= 4 is 34.8 Å². The Morgan fingerprint density at radius 2 is 1.93 bits per heavy atom. The van der Waals surface area contributed by atoms with Gasteiger partial charge in [-0.05, 0) is 80.2 Å². The van der Waals surface area contributed by atoms with Crippen molar-refractivity contribution < 1.29 is 24.1 Å². The molecule has 11 heteroatoms. The molecule has 1 amide bonds. The lowest BCUT2D eigenvalue weighted by molar-refractivity contribution is -0.126. The van der Waals surface area contributed by atoms with Crippen molar-refractivity contribution in [3.63, 3.8) is 0 Å². The number of benzene rings is 1. The summed E-state index contributed by atoms with van der Waals surface area (Å²) in [6.07, 6.45) is 3.74. The average Bonchev–Trinajstić information content (AvgIpc) is 3.40. The van der Waals surface area contributed by atoms with Crippen molar-refractivity contribution in [2.24, 2.45) is 5.41 Å². The maximum absolute atomic E-state index is 16.0. The minimum atomic E-state index is -1.14. The van der Waals surface area contributed by atoms with Crippen LogP contribution in [-0.4, -0.2) is 63.8 Å². The van der Waals surface area contributed by atoms with Crippen LogP contribution in [0, 0.1) is 11.2 Å². The number of rotatable bonds is 4. The van der Waals surface area contributed by atoms with Crippen LogP contribution in [-0.2, 0) is 14.9 Å². The van der Waals surface area contributed by atoms with E-state index < -0.39 is 41.1 Å². The highest BCUT2D eigenvalue weighted by molar-refractivity contribution is 6.31. The zero-order valence-electron chi connectivity index (χ0n) is 24.1. The standard InChI is InChI=1S/C31H39Cl2FN4O4/c1-16(39)22-7-5-18(15-42-22)36-27(40)25-23(19-8-13-35-26(33)24(19)34)31(30(38-25)11-9-29(2,3)10-12-30)20-6-4-17(32)14-21(20)37-28(31)41/h4,6,8,13-14,16,18,22-23,25,28,37-39,41H,5,7,9-12,15H2,1-3H3,(H,36,40)/t16?,18-,22+,23+,25-,28?,31-/m1/s1. The number of hydrogen-bond donors (Lipinski definition) is 5. The Labute approximate surface area is 255 Å². The van der Waals surface area contributed by atoms with Crippen molar-refractivity contribution in [2.75, 3.05) is 11.9 Å². The number of amides is 1. The number of aliphatic hydroxyl groups excluding tert-OH is 2. The largest absolute Gasteiger partial charge is 0.391 e. The first-order valence-electron chi connectivity index (χ1n) is 14.8. The molecule has 4 heterocycles. The van der Waals surface area contributed by atoms with Crippen LogP contribution in [0.4, 0.5) is 10.1 Å². The summed E-state index contributed by atoms with van der Waals surface area (Å²) >= 11 is 12.6. The lowest BCUT2D eigenvalue weighted by atomic mass is 9.53. The number of carbonyl (C=O) groups excluding carboxylic acids is 1. The van der Waals surface area contributed by atoms with E-state index in [1.54, 1.807) is 25.1 Å². The Balaban J connectivity index is 1.48. The molecule has 8 nitrogen and oxygen atoms in total. The number of aromatic nitrogens is 1. The minimum absolute atomic E-state index is 0.0782. The van der Waals surface area contributed by atoms with Gasteiger partial charge in [-0.15, -0.1) is 0 Å². The second-order valence-electron chi connectivity index (χ2n) is 13.4. The Hall–Kier alpha value is -2.01. The fourth-order valence-corrected chi connectivity index (χ4v) is 8.44. The van der Waals surface area contributed by atoms with E-state index in [9.17, 15) is 15.0 Å². The molecule has 2 aromatic rings. The van der Waals surface area contributed by atoms with Crippen LogP contribution in [0.25, 0.3) is 0 Å².